The lowest BCUT2D eigenvalue weighted by atomic mass is 9.84. The Kier molecular flexibility index (Phi) is 4.61. The van der Waals surface area contributed by atoms with Gasteiger partial charge in [0, 0.05) is 15.2 Å². The number of fused-ring (bicyclic) bond motifs is 1. The Morgan fingerprint density at radius 1 is 1.09 bits per heavy atom. The molecule has 0 atom stereocenters. The molecule has 1 aliphatic rings. The van der Waals surface area contributed by atoms with Crippen molar-refractivity contribution in [2.45, 2.75) is 48.3 Å². The lowest BCUT2D eigenvalue weighted by Gasteiger charge is -2.23. The Bertz CT molecular complexity index is 779. The van der Waals surface area contributed by atoms with Crippen molar-refractivity contribution >= 4 is 44.3 Å². The van der Waals surface area contributed by atoms with Crippen LogP contribution in [0.25, 0.3) is 10.8 Å². The van der Waals surface area contributed by atoms with Crippen LogP contribution in [0.5, 0.6) is 0 Å². The van der Waals surface area contributed by atoms with Gasteiger partial charge in [-0.05, 0) is 41.7 Å². The molecule has 0 spiro atoms. The van der Waals surface area contributed by atoms with Gasteiger partial charge in [-0.3, -0.25) is 0 Å². The zero-order valence-electron chi connectivity index (χ0n) is 13.5. The third-order valence-corrected chi connectivity index (χ3v) is 6.61. The highest BCUT2D eigenvalue weighted by Crippen LogP contribution is 2.40. The highest BCUT2D eigenvalue weighted by molar-refractivity contribution is 8.27. The van der Waals surface area contributed by atoms with Gasteiger partial charge in [-0.25, -0.2) is 0 Å². The molecule has 0 aliphatic heterocycles. The number of benzene rings is 2. The maximum Gasteiger partial charge on any atom is 0.0130 e. The highest BCUT2D eigenvalue weighted by atomic mass is 32.2. The van der Waals surface area contributed by atoms with Gasteiger partial charge >= 0.3 is 0 Å². The van der Waals surface area contributed by atoms with Crippen molar-refractivity contribution in [3.63, 3.8) is 0 Å². The van der Waals surface area contributed by atoms with Crippen LogP contribution < -0.4 is 0 Å². The summed E-state index contributed by atoms with van der Waals surface area (Å²) < 4.78 is 0. The maximum absolute atomic E-state index is 4.72. The van der Waals surface area contributed by atoms with Gasteiger partial charge in [0.15, 0.2) is 0 Å². The van der Waals surface area contributed by atoms with Crippen LogP contribution in [0.4, 0.5) is 0 Å². The zero-order chi connectivity index (χ0) is 15.7. The Morgan fingerprint density at radius 2 is 1.82 bits per heavy atom. The van der Waals surface area contributed by atoms with E-state index in [1.165, 1.54) is 59.8 Å². The van der Waals surface area contributed by atoms with Crippen molar-refractivity contribution in [2.24, 2.45) is 5.92 Å². The Labute approximate surface area is 140 Å². The summed E-state index contributed by atoms with van der Waals surface area (Å²) in [6, 6.07) is 11.0. The second kappa shape index (κ2) is 6.33. The highest BCUT2D eigenvalue weighted by Gasteiger charge is 2.16. The average Bonchev–Trinajstić information content (AvgIpc) is 2.50. The summed E-state index contributed by atoms with van der Waals surface area (Å²) in [5, 5.41) is 2.64. The van der Waals surface area contributed by atoms with Crippen LogP contribution >= 0.6 is 21.8 Å². The number of hydrogen-bond donors (Lipinski definition) is 1. The first-order valence-corrected chi connectivity index (χ1v) is 11.0. The molecule has 0 radical (unpaired) electrons. The predicted octanol–water partition coefficient (Wildman–Crippen LogP) is 5.91. The van der Waals surface area contributed by atoms with Gasteiger partial charge in [-0.1, -0.05) is 62.0 Å². The Balaban J connectivity index is 2.11. The van der Waals surface area contributed by atoms with Crippen molar-refractivity contribution in [1.29, 1.82) is 0 Å². The van der Waals surface area contributed by atoms with Crippen molar-refractivity contribution in [3.05, 3.63) is 35.9 Å². The zero-order valence-corrected chi connectivity index (χ0v) is 15.2. The third-order valence-electron chi connectivity index (χ3n) is 4.83. The quantitative estimate of drug-likeness (QED) is 0.525. The van der Waals surface area contributed by atoms with Crippen LogP contribution in [0.2, 0.25) is 0 Å². The van der Waals surface area contributed by atoms with E-state index < -0.39 is 9.21 Å². The van der Waals surface area contributed by atoms with Crippen molar-refractivity contribution in [2.75, 3.05) is 6.26 Å². The molecule has 1 saturated carbocycles. The fraction of sp³-hybridized carbons (Fsp3) is 0.400. The molecule has 1 aliphatic carbocycles. The van der Waals surface area contributed by atoms with E-state index in [2.05, 4.69) is 48.3 Å². The van der Waals surface area contributed by atoms with E-state index in [0.717, 1.165) is 10.8 Å². The lowest BCUT2D eigenvalue weighted by molar-refractivity contribution is 0.357. The summed E-state index contributed by atoms with van der Waals surface area (Å²) in [7, 11) is -1.25. The number of rotatable bonds is 3. The molecule has 0 N–H and O–H groups in total. The summed E-state index contributed by atoms with van der Waals surface area (Å²) in [6.07, 6.45) is 10.4. The second-order valence-electron chi connectivity index (χ2n) is 6.90. The molecule has 1 fully saturated rings. The topological polar surface area (TPSA) is 0 Å². The largest absolute Gasteiger partial charge is 0.190 e. The van der Waals surface area contributed by atoms with Crippen LogP contribution in [0.15, 0.2) is 40.1 Å². The normalized spacial score (nSPS) is 17.0. The molecular weight excluding hydrogens is 304 g/mol. The van der Waals surface area contributed by atoms with Crippen molar-refractivity contribution < 1.29 is 0 Å². The molecule has 0 nitrogen and oxygen atoms in total. The van der Waals surface area contributed by atoms with Gasteiger partial charge in [0.1, 0.15) is 0 Å². The van der Waals surface area contributed by atoms with Crippen LogP contribution in [0.1, 0.15) is 37.7 Å². The average molecular weight is 331 g/mol. The molecular formula is C20H26S2. The van der Waals surface area contributed by atoms with Gasteiger partial charge in [-0.15, -0.1) is 12.6 Å². The van der Waals surface area contributed by atoms with Crippen LogP contribution in [-0.2, 0) is 6.42 Å². The first kappa shape index (κ1) is 16.0. The fourth-order valence-corrected chi connectivity index (χ4v) is 5.22. The minimum atomic E-state index is -1.25. The molecule has 0 heterocycles. The smallest absolute Gasteiger partial charge is 0.0130 e. The summed E-state index contributed by atoms with van der Waals surface area (Å²) in [4.78, 5) is 2.34. The molecule has 118 valence electrons. The van der Waals surface area contributed by atoms with Crippen LogP contribution in [-0.4, -0.2) is 18.0 Å². The number of hydrogen-bond acceptors (Lipinski definition) is 1. The third kappa shape index (κ3) is 3.23. The minimum Gasteiger partial charge on any atom is -0.190 e. The molecule has 0 saturated heterocycles. The summed E-state index contributed by atoms with van der Waals surface area (Å²) >= 11 is 4.72. The van der Waals surface area contributed by atoms with Crippen LogP contribution in [0, 0.1) is 5.92 Å². The molecule has 2 heteroatoms. The molecule has 22 heavy (non-hydrogen) atoms. The SMILES string of the molecule is C=S(=C)(C)c1cccc2c(CC3CCCCC3)ccc(S)c12. The Hall–Kier alpha value is -0.860. The van der Waals surface area contributed by atoms with E-state index in [4.69, 9.17) is 12.6 Å². The lowest BCUT2D eigenvalue weighted by Crippen LogP contribution is -2.09. The molecule has 0 unspecified atom stereocenters. The first-order valence-electron chi connectivity index (χ1n) is 8.15. The minimum absolute atomic E-state index is 0.851. The second-order valence-corrected chi connectivity index (χ2v) is 10.4. The van der Waals surface area contributed by atoms with Crippen LogP contribution in [0.3, 0.4) is 0 Å². The molecule has 2 aromatic carbocycles. The molecule has 0 bridgehead atoms. The maximum atomic E-state index is 4.72. The molecule has 0 amide bonds. The van der Waals surface area contributed by atoms with E-state index in [-0.39, 0.29) is 0 Å². The van der Waals surface area contributed by atoms with E-state index in [0.29, 0.717) is 0 Å². The van der Waals surface area contributed by atoms with E-state index >= 15 is 0 Å². The summed E-state index contributed by atoms with van der Waals surface area (Å²) in [6.45, 7) is 0. The molecule has 3 rings (SSSR count). The Morgan fingerprint density at radius 3 is 2.50 bits per heavy atom. The number of thiol groups is 1. The summed E-state index contributed by atoms with van der Waals surface area (Å²) in [5.74, 6) is 9.48. The summed E-state index contributed by atoms with van der Waals surface area (Å²) in [5.41, 5.74) is 1.48. The van der Waals surface area contributed by atoms with Crippen molar-refractivity contribution in [1.82, 2.24) is 0 Å². The van der Waals surface area contributed by atoms with Gasteiger partial charge in [0.05, 0.1) is 0 Å². The molecule has 2 aromatic rings. The van der Waals surface area contributed by atoms with E-state index in [1.807, 2.05) is 0 Å². The first-order chi connectivity index (χ1) is 10.5. The molecule has 0 aromatic heterocycles. The standard InChI is InChI=1S/C20H26S2/c1-22(2,3)19-11-7-10-17-16(12-13-18(21)20(17)19)14-15-8-5-4-6-9-15/h7,10-13,15,21H,1-2,4-6,8-9,14H2,3H3. The van der Waals surface area contributed by atoms with E-state index in [1.54, 1.807) is 0 Å². The fourth-order valence-electron chi connectivity index (χ4n) is 3.71. The van der Waals surface area contributed by atoms with Gasteiger partial charge in [0.2, 0.25) is 0 Å². The van der Waals surface area contributed by atoms with Crippen molar-refractivity contribution in [3.8, 4) is 0 Å². The monoisotopic (exact) mass is 330 g/mol. The predicted molar refractivity (Wildman–Crippen MR) is 108 cm³/mol. The van der Waals surface area contributed by atoms with Gasteiger partial charge in [-0.2, -0.15) is 9.21 Å². The van der Waals surface area contributed by atoms with Gasteiger partial charge in [0.25, 0.3) is 0 Å². The van der Waals surface area contributed by atoms with Gasteiger partial charge < -0.3 is 0 Å². The van der Waals surface area contributed by atoms with E-state index in [9.17, 15) is 0 Å².